The Labute approximate surface area is 120 Å². The largest absolute Gasteiger partial charge is 0.353 e. The number of rotatable bonds is 5. The van der Waals surface area contributed by atoms with Crippen LogP contribution in [0.3, 0.4) is 0 Å². The Morgan fingerprint density at radius 1 is 1.37 bits per heavy atom. The second-order valence-corrected chi connectivity index (χ2v) is 6.31. The Bertz CT molecular complexity index is 653. The van der Waals surface area contributed by atoms with Crippen molar-refractivity contribution in [1.29, 1.82) is 0 Å². The van der Waals surface area contributed by atoms with Crippen LogP contribution in [0.2, 0.25) is 0 Å². The molecule has 0 aliphatic rings. The van der Waals surface area contributed by atoms with E-state index in [1.807, 2.05) is 7.05 Å². The molecule has 3 heterocycles. The van der Waals surface area contributed by atoms with E-state index in [0.29, 0.717) is 0 Å². The topological polar surface area (TPSA) is 32.6 Å². The van der Waals surface area contributed by atoms with Crippen LogP contribution >= 0.6 is 22.7 Å². The minimum atomic E-state index is 0.821. The lowest BCUT2D eigenvalue weighted by molar-refractivity contribution is 0.773. The third-order valence-corrected chi connectivity index (χ3v) is 4.64. The fraction of sp³-hybridized carbons (Fsp3) is 0.308. The zero-order valence-corrected chi connectivity index (χ0v) is 12.6. The number of thiazole rings is 1. The number of fused-ring (bicyclic) bond motifs is 1. The SMILES string of the molecule is CNCc1c(N(C)Cc2cccs2)nc2sccn12. The second-order valence-electron chi connectivity index (χ2n) is 4.40. The molecule has 0 aromatic carbocycles. The summed E-state index contributed by atoms with van der Waals surface area (Å²) in [5, 5.41) is 7.41. The molecule has 3 rings (SSSR count). The van der Waals surface area contributed by atoms with E-state index in [9.17, 15) is 0 Å². The second kappa shape index (κ2) is 5.32. The molecule has 0 spiro atoms. The van der Waals surface area contributed by atoms with Crippen LogP contribution in [0, 0.1) is 0 Å². The number of anilines is 1. The molecule has 0 aliphatic carbocycles. The highest BCUT2D eigenvalue weighted by molar-refractivity contribution is 7.15. The van der Waals surface area contributed by atoms with Crippen molar-refractivity contribution < 1.29 is 0 Å². The quantitative estimate of drug-likeness (QED) is 0.785. The van der Waals surface area contributed by atoms with E-state index in [0.717, 1.165) is 23.9 Å². The monoisotopic (exact) mass is 292 g/mol. The molecule has 3 aromatic heterocycles. The molecular formula is C13H16N4S2. The molecule has 0 unspecified atom stereocenters. The first-order valence-electron chi connectivity index (χ1n) is 6.12. The first kappa shape index (κ1) is 12.7. The molecule has 0 atom stereocenters. The maximum Gasteiger partial charge on any atom is 0.195 e. The Morgan fingerprint density at radius 3 is 3.00 bits per heavy atom. The summed E-state index contributed by atoms with van der Waals surface area (Å²) in [6.07, 6.45) is 2.09. The van der Waals surface area contributed by atoms with E-state index >= 15 is 0 Å². The molecule has 0 fully saturated rings. The lowest BCUT2D eigenvalue weighted by atomic mass is 10.3. The van der Waals surface area contributed by atoms with Gasteiger partial charge in [0.2, 0.25) is 0 Å². The highest BCUT2D eigenvalue weighted by atomic mass is 32.1. The van der Waals surface area contributed by atoms with Gasteiger partial charge in [-0.2, -0.15) is 0 Å². The minimum absolute atomic E-state index is 0.821. The average molecular weight is 292 g/mol. The molecule has 0 saturated heterocycles. The van der Waals surface area contributed by atoms with Crippen LogP contribution < -0.4 is 10.2 Å². The van der Waals surface area contributed by atoms with Crippen LogP contribution in [-0.2, 0) is 13.1 Å². The van der Waals surface area contributed by atoms with Crippen LogP contribution in [0.4, 0.5) is 5.82 Å². The summed E-state index contributed by atoms with van der Waals surface area (Å²) < 4.78 is 2.17. The standard InChI is InChI=1S/C13H16N4S2/c1-14-8-11-12(15-13-17(11)5-7-19-13)16(2)9-10-4-3-6-18-10/h3-7,14H,8-9H2,1-2H3. The van der Waals surface area contributed by atoms with E-state index < -0.39 is 0 Å². The molecule has 0 bridgehead atoms. The van der Waals surface area contributed by atoms with Gasteiger partial charge < -0.3 is 10.2 Å². The van der Waals surface area contributed by atoms with E-state index in [-0.39, 0.29) is 0 Å². The third kappa shape index (κ3) is 2.39. The van der Waals surface area contributed by atoms with E-state index in [4.69, 9.17) is 4.98 Å². The highest BCUT2D eigenvalue weighted by Gasteiger charge is 2.16. The summed E-state index contributed by atoms with van der Waals surface area (Å²) in [6.45, 7) is 1.72. The van der Waals surface area contributed by atoms with Gasteiger partial charge >= 0.3 is 0 Å². The summed E-state index contributed by atoms with van der Waals surface area (Å²) in [7, 11) is 4.07. The lowest BCUT2D eigenvalue weighted by Crippen LogP contribution is -2.19. The van der Waals surface area contributed by atoms with Crippen LogP contribution in [-0.4, -0.2) is 23.5 Å². The molecule has 0 aliphatic heterocycles. The molecule has 3 aromatic rings. The summed E-state index contributed by atoms with van der Waals surface area (Å²) in [4.78, 5) is 9.37. The summed E-state index contributed by atoms with van der Waals surface area (Å²) in [5.41, 5.74) is 1.22. The normalized spacial score (nSPS) is 11.3. The lowest BCUT2D eigenvalue weighted by Gasteiger charge is -2.17. The third-order valence-electron chi connectivity index (χ3n) is 3.02. The van der Waals surface area contributed by atoms with Crippen LogP contribution in [0.15, 0.2) is 29.1 Å². The number of aromatic nitrogens is 2. The van der Waals surface area contributed by atoms with E-state index in [2.05, 4.69) is 50.8 Å². The molecule has 6 heteroatoms. The Kier molecular flexibility index (Phi) is 3.54. The number of hydrogen-bond acceptors (Lipinski definition) is 5. The van der Waals surface area contributed by atoms with Crippen molar-refractivity contribution in [1.82, 2.24) is 14.7 Å². The minimum Gasteiger partial charge on any atom is -0.353 e. The number of imidazole rings is 1. The zero-order chi connectivity index (χ0) is 13.2. The van der Waals surface area contributed by atoms with Crippen LogP contribution in [0.1, 0.15) is 10.6 Å². The Morgan fingerprint density at radius 2 is 2.26 bits per heavy atom. The smallest absolute Gasteiger partial charge is 0.195 e. The van der Waals surface area contributed by atoms with Gasteiger partial charge in [-0.1, -0.05) is 6.07 Å². The van der Waals surface area contributed by atoms with E-state index in [1.54, 1.807) is 22.7 Å². The number of nitrogens with zero attached hydrogens (tertiary/aromatic N) is 3. The Balaban J connectivity index is 1.94. The summed E-state index contributed by atoms with van der Waals surface area (Å²) in [5.74, 6) is 1.06. The molecule has 1 N–H and O–H groups in total. The number of thiophene rings is 1. The van der Waals surface area contributed by atoms with Crippen molar-refractivity contribution in [3.05, 3.63) is 39.7 Å². The zero-order valence-electron chi connectivity index (χ0n) is 11.0. The van der Waals surface area contributed by atoms with Gasteiger partial charge in [0.1, 0.15) is 0 Å². The molecule has 0 radical (unpaired) electrons. The van der Waals surface area contributed by atoms with Gasteiger partial charge in [-0.3, -0.25) is 4.40 Å². The van der Waals surface area contributed by atoms with E-state index in [1.165, 1.54) is 10.6 Å². The van der Waals surface area contributed by atoms with Crippen molar-refractivity contribution in [2.24, 2.45) is 0 Å². The van der Waals surface area contributed by atoms with Crippen LogP contribution in [0.25, 0.3) is 4.96 Å². The van der Waals surface area contributed by atoms with Crippen LogP contribution in [0.5, 0.6) is 0 Å². The first-order valence-corrected chi connectivity index (χ1v) is 7.88. The van der Waals surface area contributed by atoms with Gasteiger partial charge in [-0.05, 0) is 18.5 Å². The van der Waals surface area contributed by atoms with Crippen molar-refractivity contribution in [2.75, 3.05) is 19.0 Å². The predicted octanol–water partition coefficient (Wildman–Crippen LogP) is 2.81. The molecule has 0 amide bonds. The fourth-order valence-electron chi connectivity index (χ4n) is 2.17. The van der Waals surface area contributed by atoms with Crippen molar-refractivity contribution >= 4 is 33.5 Å². The average Bonchev–Trinajstić information content (AvgIpc) is 3.07. The highest BCUT2D eigenvalue weighted by Crippen LogP contribution is 2.25. The molecule has 100 valence electrons. The summed E-state index contributed by atoms with van der Waals surface area (Å²) in [6, 6.07) is 4.26. The van der Waals surface area contributed by atoms with Gasteiger partial charge in [0, 0.05) is 30.0 Å². The maximum atomic E-state index is 4.74. The molecule has 0 saturated carbocycles. The van der Waals surface area contributed by atoms with Gasteiger partial charge in [0.05, 0.1) is 12.2 Å². The predicted molar refractivity (Wildman–Crippen MR) is 82.3 cm³/mol. The van der Waals surface area contributed by atoms with Gasteiger partial charge in [-0.25, -0.2) is 4.98 Å². The summed E-state index contributed by atoms with van der Waals surface area (Å²) >= 11 is 3.46. The fourth-order valence-corrected chi connectivity index (χ4v) is 3.66. The Hall–Kier alpha value is -1.37. The van der Waals surface area contributed by atoms with Gasteiger partial charge in [0.25, 0.3) is 0 Å². The molecule has 19 heavy (non-hydrogen) atoms. The van der Waals surface area contributed by atoms with Gasteiger partial charge in [0.15, 0.2) is 10.8 Å². The number of nitrogens with one attached hydrogen (secondary N) is 1. The van der Waals surface area contributed by atoms with Gasteiger partial charge in [-0.15, -0.1) is 22.7 Å². The maximum absolute atomic E-state index is 4.74. The van der Waals surface area contributed by atoms with Crippen molar-refractivity contribution in [3.8, 4) is 0 Å². The number of hydrogen-bond donors (Lipinski definition) is 1. The van der Waals surface area contributed by atoms with Crippen molar-refractivity contribution in [2.45, 2.75) is 13.1 Å². The molecule has 4 nitrogen and oxygen atoms in total. The first-order chi connectivity index (χ1) is 9.29. The van der Waals surface area contributed by atoms with Crippen molar-refractivity contribution in [3.63, 3.8) is 0 Å². The molecular weight excluding hydrogens is 276 g/mol.